The number of carbonyl (C=O) groups is 1. The van der Waals surface area contributed by atoms with E-state index in [9.17, 15) is 13.2 Å². The highest BCUT2D eigenvalue weighted by molar-refractivity contribution is 7.92. The molecule has 13 heteroatoms. The maximum absolute atomic E-state index is 13.1. The van der Waals surface area contributed by atoms with Crippen LogP contribution < -0.4 is 15.4 Å². The molecule has 6 rings (SSSR count). The molecule has 2 aliphatic heterocycles. The lowest BCUT2D eigenvalue weighted by molar-refractivity contribution is -0.169. The number of fused-ring (bicyclic) bond motifs is 1. The second kappa shape index (κ2) is 11.9. The van der Waals surface area contributed by atoms with Crippen LogP contribution in [-0.2, 0) is 19.4 Å². The maximum atomic E-state index is 13.1. The van der Waals surface area contributed by atoms with Crippen LogP contribution in [0.3, 0.4) is 0 Å². The summed E-state index contributed by atoms with van der Waals surface area (Å²) in [7, 11) is -1.93. The van der Waals surface area contributed by atoms with Crippen LogP contribution in [0.4, 0.5) is 23.3 Å². The van der Waals surface area contributed by atoms with E-state index in [1.807, 2.05) is 17.9 Å². The van der Waals surface area contributed by atoms with E-state index in [1.54, 1.807) is 57.5 Å². The molecule has 0 radical (unpaired) electrons. The van der Waals surface area contributed by atoms with Gasteiger partial charge >= 0.3 is 0 Å². The lowest BCUT2D eigenvalue weighted by atomic mass is 9.83. The van der Waals surface area contributed by atoms with Crippen molar-refractivity contribution in [2.24, 2.45) is 5.41 Å². The topological polar surface area (TPSA) is 140 Å². The van der Waals surface area contributed by atoms with Crippen LogP contribution >= 0.6 is 0 Å². The molecule has 1 amide bonds. The van der Waals surface area contributed by atoms with E-state index in [4.69, 9.17) is 9.47 Å². The summed E-state index contributed by atoms with van der Waals surface area (Å²) in [4.78, 5) is 24.4. The number of rotatable bonds is 9. The number of anilines is 4. The summed E-state index contributed by atoms with van der Waals surface area (Å²) >= 11 is 0. The molecular weight excluding hydrogens is 594 g/mol. The third-order valence-electron chi connectivity index (χ3n) is 8.73. The number of aromatic nitrogens is 4. The lowest BCUT2D eigenvalue weighted by Crippen LogP contribution is -2.54. The van der Waals surface area contributed by atoms with Gasteiger partial charge in [0.1, 0.15) is 5.75 Å². The molecule has 0 bridgehead atoms. The highest BCUT2D eigenvalue weighted by Gasteiger charge is 2.44. The standard InChI is InChI=1S/C32H39N7O5S/c1-20(2)45(41,42)27-9-7-6-8-24(27)35-31-37-30(36-28-10-13-33-39(28)31)34-25-16-21(3)23(17-26(25)43-5)22-11-14-38(15-12-22)29(40)32(4)18-44-19-32/h6-10,13,16-17,20,22H,11-12,14-15,18-19H2,1-5H3,(H2,34,35,36,37). The number of nitrogens with zero attached hydrogens (tertiary/aromatic N) is 5. The van der Waals surface area contributed by atoms with Crippen molar-refractivity contribution in [1.29, 1.82) is 0 Å². The van der Waals surface area contributed by atoms with Gasteiger partial charge in [-0.25, -0.2) is 8.42 Å². The third-order valence-corrected chi connectivity index (χ3v) is 10.9. The number of sulfone groups is 1. The van der Waals surface area contributed by atoms with Crippen molar-refractivity contribution in [1.82, 2.24) is 24.5 Å². The SMILES string of the molecule is COc1cc(C2CCN(C(=O)C3(C)COC3)CC2)c(C)cc1Nc1nc(Nc2ccccc2S(=O)(=O)C(C)C)n2nccc2n1. The Kier molecular flexibility index (Phi) is 8.16. The molecule has 0 aliphatic carbocycles. The molecule has 0 saturated carbocycles. The summed E-state index contributed by atoms with van der Waals surface area (Å²) < 4.78 is 38.8. The molecule has 0 spiro atoms. The average molecular weight is 634 g/mol. The van der Waals surface area contributed by atoms with Gasteiger partial charge in [0.25, 0.3) is 0 Å². The highest BCUT2D eigenvalue weighted by Crippen LogP contribution is 2.39. The van der Waals surface area contributed by atoms with E-state index in [0.717, 1.165) is 31.5 Å². The van der Waals surface area contributed by atoms with E-state index >= 15 is 0 Å². The summed E-state index contributed by atoms with van der Waals surface area (Å²) in [6.07, 6.45) is 3.36. The second-order valence-corrected chi connectivity index (χ2v) is 14.8. The molecule has 2 aliphatic rings. The first-order valence-electron chi connectivity index (χ1n) is 15.1. The molecule has 2 aromatic carbocycles. The van der Waals surface area contributed by atoms with Crippen LogP contribution in [-0.4, -0.2) is 77.5 Å². The predicted octanol–water partition coefficient (Wildman–Crippen LogP) is 4.85. The lowest BCUT2D eigenvalue weighted by Gasteiger charge is -2.42. The normalized spacial score (nSPS) is 16.9. The van der Waals surface area contributed by atoms with E-state index in [0.29, 0.717) is 53.8 Å². The van der Waals surface area contributed by atoms with Crippen molar-refractivity contribution in [3.63, 3.8) is 0 Å². The Morgan fingerprint density at radius 3 is 2.47 bits per heavy atom. The van der Waals surface area contributed by atoms with Crippen LogP contribution in [0.5, 0.6) is 5.75 Å². The van der Waals surface area contributed by atoms with Gasteiger partial charge in [-0.05, 0) is 81.8 Å². The van der Waals surface area contributed by atoms with Gasteiger partial charge < -0.3 is 25.0 Å². The van der Waals surface area contributed by atoms with Crippen molar-refractivity contribution in [3.05, 3.63) is 59.8 Å². The zero-order valence-electron chi connectivity index (χ0n) is 26.2. The number of hydrogen-bond acceptors (Lipinski definition) is 10. The largest absolute Gasteiger partial charge is 0.495 e. The number of methoxy groups -OCH3 is 1. The van der Waals surface area contributed by atoms with Gasteiger partial charge in [-0.15, -0.1) is 0 Å². The molecule has 12 nitrogen and oxygen atoms in total. The number of para-hydroxylation sites is 1. The summed E-state index contributed by atoms with van der Waals surface area (Å²) in [6, 6.07) is 12.6. The van der Waals surface area contributed by atoms with Gasteiger partial charge in [0, 0.05) is 19.2 Å². The fourth-order valence-corrected chi connectivity index (χ4v) is 7.19. The van der Waals surface area contributed by atoms with Crippen LogP contribution in [0.2, 0.25) is 0 Å². The Bertz CT molecular complexity index is 1840. The summed E-state index contributed by atoms with van der Waals surface area (Å²) in [5.74, 6) is 1.73. The van der Waals surface area contributed by atoms with Crippen molar-refractivity contribution in [3.8, 4) is 5.75 Å². The number of aryl methyl sites for hydroxylation is 1. The molecule has 4 heterocycles. The van der Waals surface area contributed by atoms with E-state index in [2.05, 4.69) is 38.7 Å². The monoisotopic (exact) mass is 633 g/mol. The van der Waals surface area contributed by atoms with Crippen LogP contribution in [0.25, 0.3) is 5.65 Å². The van der Waals surface area contributed by atoms with Gasteiger partial charge in [0.15, 0.2) is 15.5 Å². The van der Waals surface area contributed by atoms with Gasteiger partial charge in [-0.2, -0.15) is 19.6 Å². The zero-order chi connectivity index (χ0) is 31.9. The fraction of sp³-hybridized carbons (Fsp3) is 0.438. The zero-order valence-corrected chi connectivity index (χ0v) is 27.0. The maximum Gasteiger partial charge on any atom is 0.233 e. The average Bonchev–Trinajstić information content (AvgIpc) is 3.49. The summed E-state index contributed by atoms with van der Waals surface area (Å²) in [5, 5.41) is 10.2. The van der Waals surface area contributed by atoms with Crippen LogP contribution in [0.15, 0.2) is 53.6 Å². The number of nitrogens with one attached hydrogen (secondary N) is 2. The van der Waals surface area contributed by atoms with Gasteiger partial charge in [0.05, 0.1) is 53.5 Å². The van der Waals surface area contributed by atoms with Crippen LogP contribution in [0, 0.1) is 12.3 Å². The molecule has 2 saturated heterocycles. The molecule has 45 heavy (non-hydrogen) atoms. The predicted molar refractivity (Wildman–Crippen MR) is 171 cm³/mol. The van der Waals surface area contributed by atoms with Crippen LogP contribution in [0.1, 0.15) is 50.7 Å². The van der Waals surface area contributed by atoms with Crippen molar-refractivity contribution in [2.45, 2.75) is 56.6 Å². The molecule has 2 aromatic heterocycles. The summed E-state index contributed by atoms with van der Waals surface area (Å²) in [6.45, 7) is 9.80. The Morgan fingerprint density at radius 1 is 1.07 bits per heavy atom. The minimum atomic E-state index is -3.56. The Balaban J connectivity index is 1.25. The molecule has 4 aromatic rings. The molecule has 2 N–H and O–H groups in total. The number of likely N-dealkylation sites (tertiary alicyclic amines) is 1. The smallest absolute Gasteiger partial charge is 0.233 e. The van der Waals surface area contributed by atoms with E-state index in [1.165, 1.54) is 10.1 Å². The minimum absolute atomic E-state index is 0.183. The quantitative estimate of drug-likeness (QED) is 0.263. The Labute approximate surface area is 263 Å². The molecule has 2 fully saturated rings. The minimum Gasteiger partial charge on any atom is -0.495 e. The number of amides is 1. The Morgan fingerprint density at radius 2 is 1.80 bits per heavy atom. The summed E-state index contributed by atoms with van der Waals surface area (Å²) in [5.41, 5.74) is 3.52. The highest BCUT2D eigenvalue weighted by atomic mass is 32.2. The number of piperidine rings is 1. The number of ether oxygens (including phenoxy) is 2. The molecule has 0 atom stereocenters. The fourth-order valence-electron chi connectivity index (χ4n) is 5.99. The molecule has 0 unspecified atom stereocenters. The first-order valence-corrected chi connectivity index (χ1v) is 16.7. The van der Waals surface area contributed by atoms with Crippen molar-refractivity contribution < 1.29 is 22.7 Å². The number of benzene rings is 2. The van der Waals surface area contributed by atoms with E-state index in [-0.39, 0.29) is 16.2 Å². The first-order chi connectivity index (χ1) is 21.5. The van der Waals surface area contributed by atoms with Crippen molar-refractivity contribution in [2.75, 3.05) is 44.0 Å². The molecule has 238 valence electrons. The number of carbonyl (C=O) groups excluding carboxylic acids is 1. The van der Waals surface area contributed by atoms with Gasteiger partial charge in [-0.3, -0.25) is 4.79 Å². The molecular formula is C32H39N7O5S. The number of hydrogen-bond donors (Lipinski definition) is 2. The Hall–Kier alpha value is -4.23. The van der Waals surface area contributed by atoms with E-state index < -0.39 is 15.1 Å². The third kappa shape index (κ3) is 5.82. The van der Waals surface area contributed by atoms with Gasteiger partial charge in [0.2, 0.25) is 17.8 Å². The first kappa shape index (κ1) is 30.8. The van der Waals surface area contributed by atoms with Gasteiger partial charge in [-0.1, -0.05) is 12.1 Å². The van der Waals surface area contributed by atoms with Crippen molar-refractivity contribution >= 4 is 44.7 Å². The second-order valence-electron chi connectivity index (χ2n) is 12.3.